The van der Waals surface area contributed by atoms with Crippen LogP contribution in [0.15, 0.2) is 72.8 Å². The van der Waals surface area contributed by atoms with Crippen LogP contribution in [0.1, 0.15) is 38.8 Å². The highest BCUT2D eigenvalue weighted by molar-refractivity contribution is 6.31. The Hall–Kier alpha value is -3.57. The quantitative estimate of drug-likeness (QED) is 0.487. The third kappa shape index (κ3) is 2.78. The molecule has 2 atom stereocenters. The topological polar surface area (TPSA) is 65.2 Å². The summed E-state index contributed by atoms with van der Waals surface area (Å²) in [6.07, 6.45) is 0.462. The van der Waals surface area contributed by atoms with Crippen molar-refractivity contribution in [3.05, 3.63) is 106 Å². The molecule has 3 aromatic carbocycles. The summed E-state index contributed by atoms with van der Waals surface area (Å²) in [4.78, 5) is 32.1. The monoisotopic (exact) mass is 441 g/mol. The first-order valence-corrected chi connectivity index (χ1v) is 11.0. The summed E-state index contributed by atoms with van der Waals surface area (Å²) in [7, 11) is 0. The van der Waals surface area contributed by atoms with E-state index in [0.717, 1.165) is 33.3 Å². The molecule has 32 heavy (non-hydrogen) atoms. The Morgan fingerprint density at radius 3 is 2.66 bits per heavy atom. The zero-order chi connectivity index (χ0) is 21.8. The van der Waals surface area contributed by atoms with Crippen LogP contribution in [0, 0.1) is 0 Å². The molecular formula is C26H20ClN3O2. The summed E-state index contributed by atoms with van der Waals surface area (Å²) in [5.74, 6) is -0.278. The lowest BCUT2D eigenvalue weighted by atomic mass is 9.90. The average molecular weight is 442 g/mol. The van der Waals surface area contributed by atoms with Gasteiger partial charge in [0, 0.05) is 40.1 Å². The van der Waals surface area contributed by atoms with Crippen LogP contribution in [0.3, 0.4) is 0 Å². The number of nitrogens with zero attached hydrogens (tertiary/aromatic N) is 1. The molecule has 0 bridgehead atoms. The number of benzene rings is 3. The van der Waals surface area contributed by atoms with Gasteiger partial charge in [-0.25, -0.2) is 0 Å². The predicted octanol–water partition coefficient (Wildman–Crippen LogP) is 4.61. The predicted molar refractivity (Wildman–Crippen MR) is 124 cm³/mol. The van der Waals surface area contributed by atoms with Crippen molar-refractivity contribution < 1.29 is 9.59 Å². The molecule has 0 radical (unpaired) electrons. The number of fused-ring (bicyclic) bond motifs is 7. The van der Waals surface area contributed by atoms with Gasteiger partial charge in [-0.15, -0.1) is 0 Å². The summed E-state index contributed by atoms with van der Waals surface area (Å²) < 4.78 is 0. The zero-order valence-electron chi connectivity index (χ0n) is 17.1. The second-order valence-corrected chi connectivity index (χ2v) is 8.70. The van der Waals surface area contributed by atoms with E-state index >= 15 is 0 Å². The van der Waals surface area contributed by atoms with Crippen LogP contribution in [0.4, 0.5) is 0 Å². The van der Waals surface area contributed by atoms with Crippen LogP contribution in [-0.2, 0) is 17.8 Å². The fourth-order valence-electron chi connectivity index (χ4n) is 5.08. The lowest BCUT2D eigenvalue weighted by Crippen LogP contribution is -2.52. The largest absolute Gasteiger partial charge is 0.356 e. The summed E-state index contributed by atoms with van der Waals surface area (Å²) in [6, 6.07) is 22.3. The number of aromatic amines is 1. The molecule has 6 heteroatoms. The van der Waals surface area contributed by atoms with E-state index < -0.39 is 6.04 Å². The van der Waals surface area contributed by atoms with Crippen molar-refractivity contribution in [1.82, 2.24) is 15.2 Å². The fraction of sp³-hybridized carbons (Fsp3) is 0.154. The molecule has 0 aliphatic carbocycles. The van der Waals surface area contributed by atoms with Gasteiger partial charge in [0.15, 0.2) is 0 Å². The van der Waals surface area contributed by atoms with Crippen molar-refractivity contribution in [2.24, 2.45) is 0 Å². The van der Waals surface area contributed by atoms with E-state index in [9.17, 15) is 9.59 Å². The molecule has 0 saturated heterocycles. The Morgan fingerprint density at radius 2 is 1.78 bits per heavy atom. The van der Waals surface area contributed by atoms with Gasteiger partial charge in [-0.05, 0) is 34.9 Å². The molecule has 6 rings (SSSR count). The van der Waals surface area contributed by atoms with Crippen molar-refractivity contribution in [2.45, 2.75) is 25.0 Å². The van der Waals surface area contributed by atoms with Crippen LogP contribution < -0.4 is 5.32 Å². The Kier molecular flexibility index (Phi) is 4.33. The maximum absolute atomic E-state index is 13.4. The van der Waals surface area contributed by atoms with E-state index in [2.05, 4.69) is 16.4 Å². The normalized spacial score (nSPS) is 18.9. The number of hydrogen-bond donors (Lipinski definition) is 2. The third-order valence-electron chi connectivity index (χ3n) is 6.57. The standard InChI is InChI=1S/C26H20ClN3O2/c27-20-11-5-1-7-15(20)14-28-25(31)22-13-19-16-8-4-6-12-21(16)29-23(19)24-17-9-2-3-10-18(17)26(32)30(22)24/h1-12,22,24,29H,13-14H2,(H,28,31)/t22-,24+/m1/s1. The highest BCUT2D eigenvalue weighted by atomic mass is 35.5. The van der Waals surface area contributed by atoms with E-state index in [4.69, 9.17) is 11.6 Å². The van der Waals surface area contributed by atoms with E-state index in [1.54, 1.807) is 11.0 Å². The summed E-state index contributed by atoms with van der Waals surface area (Å²) in [5.41, 5.74) is 5.57. The van der Waals surface area contributed by atoms with Crippen molar-refractivity contribution in [2.75, 3.05) is 0 Å². The number of carbonyl (C=O) groups is 2. The maximum Gasteiger partial charge on any atom is 0.255 e. The highest BCUT2D eigenvalue weighted by Crippen LogP contribution is 2.46. The summed E-state index contributed by atoms with van der Waals surface area (Å²) in [5, 5.41) is 4.72. The molecule has 0 spiro atoms. The molecule has 0 unspecified atom stereocenters. The molecule has 0 fully saturated rings. The number of rotatable bonds is 3. The first-order chi connectivity index (χ1) is 15.6. The molecule has 2 aliphatic rings. The zero-order valence-corrected chi connectivity index (χ0v) is 17.9. The van der Waals surface area contributed by atoms with Crippen LogP contribution in [-0.4, -0.2) is 27.7 Å². The van der Waals surface area contributed by atoms with E-state index in [0.29, 0.717) is 23.6 Å². The van der Waals surface area contributed by atoms with Gasteiger partial charge < -0.3 is 15.2 Å². The molecule has 0 saturated carbocycles. The van der Waals surface area contributed by atoms with Crippen molar-refractivity contribution >= 4 is 34.3 Å². The molecule has 5 nitrogen and oxygen atoms in total. The second kappa shape index (κ2) is 7.24. The number of halogens is 1. The number of aromatic nitrogens is 1. The molecule has 2 N–H and O–H groups in total. The SMILES string of the molecule is O=C(NCc1ccccc1Cl)[C@H]1Cc2c([nH]c3ccccc23)[C@@H]2c3ccccc3C(=O)N21. The van der Waals surface area contributed by atoms with Crippen LogP contribution >= 0.6 is 11.6 Å². The number of H-pyrrole nitrogens is 1. The van der Waals surface area contributed by atoms with Gasteiger partial charge >= 0.3 is 0 Å². The Labute approximate surface area is 190 Å². The van der Waals surface area contributed by atoms with Gasteiger partial charge in [0.25, 0.3) is 5.91 Å². The second-order valence-electron chi connectivity index (χ2n) is 8.29. The van der Waals surface area contributed by atoms with Crippen molar-refractivity contribution in [3.63, 3.8) is 0 Å². The highest BCUT2D eigenvalue weighted by Gasteiger charge is 2.48. The third-order valence-corrected chi connectivity index (χ3v) is 6.93. The minimum atomic E-state index is -0.603. The number of para-hydroxylation sites is 1. The van der Waals surface area contributed by atoms with E-state index in [1.165, 1.54) is 0 Å². The molecule has 2 aliphatic heterocycles. The van der Waals surface area contributed by atoms with Crippen LogP contribution in [0.5, 0.6) is 0 Å². The van der Waals surface area contributed by atoms with Gasteiger partial charge in [-0.1, -0.05) is 66.2 Å². The first kappa shape index (κ1) is 19.1. The minimum Gasteiger partial charge on any atom is -0.356 e. The Balaban J connectivity index is 1.42. The molecule has 158 valence electrons. The van der Waals surface area contributed by atoms with Gasteiger partial charge in [0.1, 0.15) is 6.04 Å². The van der Waals surface area contributed by atoms with E-state index in [1.807, 2.05) is 60.7 Å². The molecule has 1 aromatic heterocycles. The Bertz CT molecular complexity index is 1390. The molecule has 2 amide bonds. The first-order valence-electron chi connectivity index (χ1n) is 10.7. The fourth-order valence-corrected chi connectivity index (χ4v) is 5.28. The lowest BCUT2D eigenvalue weighted by molar-refractivity contribution is -0.126. The van der Waals surface area contributed by atoms with E-state index in [-0.39, 0.29) is 17.9 Å². The van der Waals surface area contributed by atoms with Crippen LogP contribution in [0.25, 0.3) is 10.9 Å². The summed E-state index contributed by atoms with van der Waals surface area (Å²) >= 11 is 6.26. The molecule has 3 heterocycles. The maximum atomic E-state index is 13.4. The van der Waals surface area contributed by atoms with Crippen LogP contribution in [0.2, 0.25) is 5.02 Å². The van der Waals surface area contributed by atoms with Crippen molar-refractivity contribution in [3.8, 4) is 0 Å². The van der Waals surface area contributed by atoms with Gasteiger partial charge in [0.2, 0.25) is 5.91 Å². The number of carbonyl (C=O) groups excluding carboxylic acids is 2. The van der Waals surface area contributed by atoms with Gasteiger partial charge in [-0.3, -0.25) is 9.59 Å². The summed E-state index contributed by atoms with van der Waals surface area (Å²) in [6.45, 7) is 0.315. The minimum absolute atomic E-state index is 0.104. The average Bonchev–Trinajstić information content (AvgIpc) is 3.34. The molecule has 4 aromatic rings. The lowest BCUT2D eigenvalue weighted by Gasteiger charge is -2.37. The smallest absolute Gasteiger partial charge is 0.255 e. The molecular weight excluding hydrogens is 422 g/mol. The van der Waals surface area contributed by atoms with Crippen molar-refractivity contribution in [1.29, 1.82) is 0 Å². The van der Waals surface area contributed by atoms with Gasteiger partial charge in [-0.2, -0.15) is 0 Å². The number of nitrogens with one attached hydrogen (secondary N) is 2. The number of amides is 2. The number of hydrogen-bond acceptors (Lipinski definition) is 2. The van der Waals surface area contributed by atoms with Gasteiger partial charge in [0.05, 0.1) is 6.04 Å². The Morgan fingerprint density at radius 1 is 1.03 bits per heavy atom.